The Morgan fingerprint density at radius 2 is 1.14 bits per heavy atom. The molecule has 0 N–H and O–H groups in total. The summed E-state index contributed by atoms with van der Waals surface area (Å²) in [5, 5.41) is 13.9. The van der Waals surface area contributed by atoms with Crippen LogP contribution in [0.15, 0.2) is 0 Å². The van der Waals surface area contributed by atoms with E-state index in [1.807, 2.05) is 0 Å². The molecule has 0 aromatic heterocycles. The Labute approximate surface area is 122 Å². The summed E-state index contributed by atoms with van der Waals surface area (Å²) in [6.07, 6.45) is 0. The third-order valence-electron chi connectivity index (χ3n) is 0.192. The molecule has 0 amide bonds. The van der Waals surface area contributed by atoms with Crippen LogP contribution in [0.2, 0.25) is 5.79 Å². The summed E-state index contributed by atoms with van der Waals surface area (Å²) in [5.41, 5.74) is 0. The first-order chi connectivity index (χ1) is 5.24. The molecule has 6 heteroatoms. The van der Waals surface area contributed by atoms with Gasteiger partial charge in [0.05, 0.1) is 0 Å². The fourth-order valence-corrected chi connectivity index (χ4v) is 0.612. The molecular formula is C8H25Al4ClO. The van der Waals surface area contributed by atoms with Crippen LogP contribution in [-0.2, 0) is 2.84 Å². The third kappa shape index (κ3) is 161. The van der Waals surface area contributed by atoms with Crippen LogP contribution < -0.4 is 0 Å². The van der Waals surface area contributed by atoms with Crippen molar-refractivity contribution in [2.24, 2.45) is 0 Å². The molecule has 0 saturated carbocycles. The first-order valence-corrected chi connectivity index (χ1v) is 10.0. The summed E-state index contributed by atoms with van der Waals surface area (Å²) in [5.74, 6) is 2.10. The molecule has 0 atom stereocenters. The maximum absolute atomic E-state index is 4.97. The minimum atomic E-state index is -0.0278. The summed E-state index contributed by atoms with van der Waals surface area (Å²) in [6.45, 7) is 0. The standard InChI is InChI=1S/3CH4.CH3.4CH2.4Al.ClH.O.H2/h3*1H4;1H3;4*1H2;;;;;1H;;1H/q;;;;;;;;;;;+1;;;/p-1/i;;;;;;;;;;;;;;1+1. The van der Waals surface area contributed by atoms with Crippen LogP contribution in [0.5, 0.6) is 0 Å². The molecule has 0 aliphatic carbocycles. The minimum absolute atomic E-state index is 0. The van der Waals surface area contributed by atoms with Crippen molar-refractivity contribution in [3.63, 3.8) is 0 Å². The molecule has 14 heavy (non-hydrogen) atoms. The van der Waals surface area contributed by atoms with E-state index in [1.54, 1.807) is 0 Å². The van der Waals surface area contributed by atoms with Crippen LogP contribution in [-0.4, -0.2) is 80.4 Å². The van der Waals surface area contributed by atoms with Gasteiger partial charge in [-0.25, -0.2) is 0 Å². The summed E-state index contributed by atoms with van der Waals surface area (Å²) >= 11 is 0.493. The van der Waals surface area contributed by atoms with Crippen molar-refractivity contribution in [1.82, 2.24) is 0 Å². The molecule has 0 bridgehead atoms. The molecule has 0 heterocycles. The second kappa shape index (κ2) is 61.5. The summed E-state index contributed by atoms with van der Waals surface area (Å²) in [7, 11) is 4.97. The van der Waals surface area contributed by atoms with E-state index in [4.69, 9.17) is 12.9 Å². The van der Waals surface area contributed by atoms with Gasteiger partial charge in [-0.2, -0.15) is 0 Å². The zero-order valence-corrected chi connectivity index (χ0v) is 12.3. The molecular weight excluding hydrogens is 255 g/mol. The molecule has 0 saturated heterocycles. The summed E-state index contributed by atoms with van der Waals surface area (Å²) in [4.78, 5) is 0. The van der Waals surface area contributed by atoms with Crippen molar-refractivity contribution in [2.75, 3.05) is 0 Å². The van der Waals surface area contributed by atoms with E-state index in [0.29, 0.717) is 14.8 Å². The Balaban J connectivity index is -0.0000000117. The molecule has 0 aromatic rings. The monoisotopic (exact) mass is 281 g/mol. The molecule has 0 aromatic carbocycles. The van der Waals surface area contributed by atoms with Gasteiger partial charge in [0.1, 0.15) is 0 Å². The molecule has 0 unspecified atom stereocenters. The van der Waals surface area contributed by atoms with Gasteiger partial charge in [-0.1, -0.05) is 22.3 Å². The Hall–Kier alpha value is 1.70. The van der Waals surface area contributed by atoms with E-state index in [1.165, 1.54) is 0 Å². The normalized spacial score (nSPS) is 2.71. The van der Waals surface area contributed by atoms with Crippen molar-refractivity contribution < 1.29 is 4.27 Å². The van der Waals surface area contributed by atoms with Gasteiger partial charge in [-0.3, -0.25) is 0 Å². The van der Waals surface area contributed by atoms with Crippen LogP contribution in [0.25, 0.3) is 0 Å². The van der Waals surface area contributed by atoms with Gasteiger partial charge >= 0.3 is 99.1 Å². The van der Waals surface area contributed by atoms with Crippen molar-refractivity contribution >= 4 is 90.5 Å². The SMILES string of the molecule is C.C.C.[2HH].[CH2]=[Al][CH3].[CH2]=[Al][Cl].[CH2]=[Al][O][Al]=[CH2]. The number of hydrogen-bond donors (Lipinski definition) is 0. The van der Waals surface area contributed by atoms with Gasteiger partial charge in [-0.05, 0) is 0 Å². The van der Waals surface area contributed by atoms with E-state index in [-0.39, 0.29) is 67.8 Å². The van der Waals surface area contributed by atoms with Crippen LogP contribution in [0.1, 0.15) is 23.7 Å². The molecule has 1 nitrogen and oxygen atoms in total. The fraction of sp³-hybridized carbons (Fsp3) is 0.500. The Bertz CT molecular complexity index is 103. The van der Waals surface area contributed by atoms with Crippen LogP contribution in [0, 0.1) is 0 Å². The van der Waals surface area contributed by atoms with E-state index in [9.17, 15) is 0 Å². The second-order valence-electron chi connectivity index (χ2n) is 1.03. The molecule has 82 valence electrons. The number of rotatable bonds is 2. The Morgan fingerprint density at radius 3 is 1.14 bits per heavy atom. The maximum atomic E-state index is 4.97. The van der Waals surface area contributed by atoms with E-state index >= 15 is 0 Å². The van der Waals surface area contributed by atoms with Crippen molar-refractivity contribution in [3.8, 4) is 0 Å². The van der Waals surface area contributed by atoms with Crippen molar-refractivity contribution in [3.05, 3.63) is 0 Å². The third-order valence-corrected chi connectivity index (χ3v) is 1.73. The first-order valence-electron chi connectivity index (χ1n) is 2.90. The zero-order valence-electron chi connectivity index (χ0n) is 6.92. The topological polar surface area (TPSA) is 9.23 Å². The number of halogens is 1. The molecule has 0 aliphatic rings. The first kappa shape index (κ1) is 36.1. The van der Waals surface area contributed by atoms with Gasteiger partial charge in [0.2, 0.25) is 0 Å². The average molecular weight is 282 g/mol. The van der Waals surface area contributed by atoms with E-state index in [0.717, 1.165) is 0 Å². The fourth-order valence-electron chi connectivity index (χ4n) is 0.0680. The summed E-state index contributed by atoms with van der Waals surface area (Å²) < 4.78 is 4.78. The Morgan fingerprint density at radius 1 is 1.00 bits per heavy atom. The summed E-state index contributed by atoms with van der Waals surface area (Å²) in [6, 6.07) is 0. The molecule has 0 fully saturated rings. The van der Waals surface area contributed by atoms with Crippen LogP contribution in [0.4, 0.5) is 0 Å². The molecule has 0 aliphatic heterocycles. The predicted molar refractivity (Wildman–Crippen MR) is 86.6 cm³/mol. The van der Waals surface area contributed by atoms with Crippen LogP contribution in [0.3, 0.4) is 0 Å². The predicted octanol–water partition coefficient (Wildman–Crippen LogP) is 1.71. The van der Waals surface area contributed by atoms with Crippen molar-refractivity contribution in [2.45, 2.75) is 28.1 Å². The van der Waals surface area contributed by atoms with Gasteiger partial charge in [0.25, 0.3) is 0 Å². The zero-order chi connectivity index (χ0) is 9.54. The van der Waals surface area contributed by atoms with Gasteiger partial charge in [-0.15, -0.1) is 0 Å². The van der Waals surface area contributed by atoms with Crippen molar-refractivity contribution in [1.29, 1.82) is 0 Å². The molecule has 0 rings (SSSR count). The second-order valence-corrected chi connectivity index (χ2v) is 4.84. The number of hydrogen-bond acceptors (Lipinski definition) is 1. The Kier molecular flexibility index (Phi) is 158. The van der Waals surface area contributed by atoms with Gasteiger partial charge in [0, 0.05) is 1.43 Å². The molecule has 0 radical (unpaired) electrons. The average Bonchev–Trinajstić information content (AvgIpc) is 1.92. The van der Waals surface area contributed by atoms with Crippen LogP contribution >= 0.6 is 10.0 Å². The quantitative estimate of drug-likeness (QED) is 0.700. The van der Waals surface area contributed by atoms with E-state index < -0.39 is 0 Å². The van der Waals surface area contributed by atoms with E-state index in [2.05, 4.69) is 27.3 Å². The van der Waals surface area contributed by atoms with Gasteiger partial charge in [0.15, 0.2) is 0 Å². The van der Waals surface area contributed by atoms with Gasteiger partial charge < -0.3 is 0 Å². The molecule has 0 spiro atoms.